The lowest BCUT2D eigenvalue weighted by molar-refractivity contribution is -0.262. The van der Waals surface area contributed by atoms with Gasteiger partial charge in [0.05, 0.1) is 29.6 Å². The zero-order chi connectivity index (χ0) is 19.8. The Balaban J connectivity index is 1.90. The maximum atomic E-state index is 11.8. The third-order valence-electron chi connectivity index (χ3n) is 7.10. The molecular formula is C19H26O8. The van der Waals surface area contributed by atoms with Crippen molar-refractivity contribution in [3.05, 3.63) is 11.6 Å². The second-order valence-electron chi connectivity index (χ2n) is 8.43. The number of carbonyl (C=O) groups excluding carboxylic acids is 2. The van der Waals surface area contributed by atoms with Crippen molar-refractivity contribution >= 4 is 11.9 Å². The highest BCUT2D eigenvalue weighted by Crippen LogP contribution is 2.72. The number of ether oxygens (including phenoxy) is 4. The molecule has 3 fully saturated rings. The summed E-state index contributed by atoms with van der Waals surface area (Å²) < 4.78 is 23.0. The van der Waals surface area contributed by atoms with Crippen LogP contribution in [0.4, 0.5) is 0 Å². The molecule has 4 rings (SSSR count). The second kappa shape index (κ2) is 5.76. The molecule has 2 bridgehead atoms. The minimum atomic E-state index is -1.12. The predicted octanol–water partition coefficient (Wildman–Crippen LogP) is 0.0957. The van der Waals surface area contributed by atoms with Crippen molar-refractivity contribution in [3.63, 3.8) is 0 Å². The number of epoxide rings is 1. The lowest BCUT2D eigenvalue weighted by atomic mass is 9.50. The van der Waals surface area contributed by atoms with Gasteiger partial charge in [0.2, 0.25) is 0 Å². The topological polar surface area (TPSA) is 115 Å². The zero-order valence-corrected chi connectivity index (χ0v) is 15.9. The maximum absolute atomic E-state index is 11.8. The molecule has 0 radical (unpaired) electrons. The predicted molar refractivity (Wildman–Crippen MR) is 90.5 cm³/mol. The zero-order valence-electron chi connectivity index (χ0n) is 15.9. The van der Waals surface area contributed by atoms with E-state index in [1.807, 2.05) is 19.9 Å². The third kappa shape index (κ3) is 2.18. The molecule has 2 unspecified atom stereocenters. The first-order chi connectivity index (χ1) is 12.6. The first-order valence-electron chi connectivity index (χ1n) is 9.23. The molecule has 0 aromatic heterocycles. The average Bonchev–Trinajstić information content (AvgIpc) is 3.34. The van der Waals surface area contributed by atoms with Gasteiger partial charge in [0.15, 0.2) is 0 Å². The van der Waals surface area contributed by atoms with E-state index in [2.05, 4.69) is 0 Å². The molecule has 8 nitrogen and oxygen atoms in total. The van der Waals surface area contributed by atoms with Gasteiger partial charge in [-0.25, -0.2) is 0 Å². The first-order valence-corrected chi connectivity index (χ1v) is 9.23. The van der Waals surface area contributed by atoms with Crippen LogP contribution < -0.4 is 0 Å². The van der Waals surface area contributed by atoms with E-state index in [4.69, 9.17) is 18.9 Å². The number of carbonyl (C=O) groups is 2. The monoisotopic (exact) mass is 382 g/mol. The van der Waals surface area contributed by atoms with Crippen molar-refractivity contribution in [1.82, 2.24) is 0 Å². The minimum Gasteiger partial charge on any atom is -0.465 e. The van der Waals surface area contributed by atoms with Crippen LogP contribution in [-0.2, 0) is 28.5 Å². The molecule has 0 aromatic rings. The number of rotatable bonds is 3. The average molecular weight is 382 g/mol. The summed E-state index contributed by atoms with van der Waals surface area (Å²) >= 11 is 0. The fourth-order valence-electron chi connectivity index (χ4n) is 5.73. The normalized spacial score (nSPS) is 50.0. The molecule has 1 saturated carbocycles. The molecule has 150 valence electrons. The molecule has 2 N–H and O–H groups in total. The summed E-state index contributed by atoms with van der Waals surface area (Å²) in [5.74, 6) is -1.03. The number of aliphatic hydroxyl groups is 2. The number of fused-ring (bicyclic) bond motifs is 2. The molecule has 2 aliphatic carbocycles. The van der Waals surface area contributed by atoms with Gasteiger partial charge in [-0.3, -0.25) is 9.59 Å². The van der Waals surface area contributed by atoms with Gasteiger partial charge in [-0.2, -0.15) is 0 Å². The van der Waals surface area contributed by atoms with Crippen LogP contribution in [0.1, 0.15) is 34.1 Å². The Morgan fingerprint density at radius 3 is 2.52 bits per heavy atom. The Morgan fingerprint density at radius 1 is 1.30 bits per heavy atom. The van der Waals surface area contributed by atoms with Crippen LogP contribution in [-0.4, -0.2) is 71.5 Å². The highest BCUT2D eigenvalue weighted by molar-refractivity contribution is 5.67. The van der Waals surface area contributed by atoms with Gasteiger partial charge in [0.1, 0.15) is 30.5 Å². The van der Waals surface area contributed by atoms with Crippen LogP contribution >= 0.6 is 0 Å². The molecule has 0 amide bonds. The number of esters is 2. The first kappa shape index (κ1) is 18.9. The van der Waals surface area contributed by atoms with E-state index in [-0.39, 0.29) is 6.61 Å². The molecule has 27 heavy (non-hydrogen) atoms. The Labute approximate surface area is 157 Å². The molecule has 2 heterocycles. The van der Waals surface area contributed by atoms with Crippen LogP contribution in [0.2, 0.25) is 0 Å². The van der Waals surface area contributed by atoms with Crippen molar-refractivity contribution in [1.29, 1.82) is 0 Å². The highest BCUT2D eigenvalue weighted by atomic mass is 16.7. The number of aliphatic hydroxyl groups excluding tert-OH is 2. The van der Waals surface area contributed by atoms with E-state index in [1.54, 1.807) is 0 Å². The molecule has 4 aliphatic rings. The Bertz CT molecular complexity index is 712. The summed E-state index contributed by atoms with van der Waals surface area (Å²) in [6, 6.07) is 0. The molecule has 1 spiro atoms. The summed E-state index contributed by atoms with van der Waals surface area (Å²) in [7, 11) is 0. The number of hydrogen-bond donors (Lipinski definition) is 2. The van der Waals surface area contributed by atoms with Crippen molar-refractivity contribution in [3.8, 4) is 0 Å². The van der Waals surface area contributed by atoms with Crippen molar-refractivity contribution in [2.45, 2.75) is 70.2 Å². The smallest absolute Gasteiger partial charge is 0.303 e. The van der Waals surface area contributed by atoms with Crippen molar-refractivity contribution < 1.29 is 38.7 Å². The summed E-state index contributed by atoms with van der Waals surface area (Å²) in [4.78, 5) is 23.4. The Hall–Kier alpha value is -1.48. The fraction of sp³-hybridized carbons (Fsp3) is 0.789. The van der Waals surface area contributed by atoms with E-state index in [0.717, 1.165) is 5.57 Å². The van der Waals surface area contributed by atoms with Gasteiger partial charge in [0.25, 0.3) is 0 Å². The molecule has 8 heteroatoms. The standard InChI is InChI=1S/C19H26O8/c1-9-5-12(22)18(7-24-10(2)20)13(6-9)27-16-14(23)15(26-11(3)21)17(18,4)19(16)8-25-19/h6,12-16,22-23H,5,7-8H2,1-4H3/t12?,13-,14-,15+,16-,17-,18+,19?/m0/s1. The van der Waals surface area contributed by atoms with Crippen LogP contribution in [0.15, 0.2) is 11.6 Å². The molecule has 2 saturated heterocycles. The van der Waals surface area contributed by atoms with Crippen LogP contribution in [0, 0.1) is 10.8 Å². The molecule has 2 aliphatic heterocycles. The Morgan fingerprint density at radius 2 is 1.96 bits per heavy atom. The lowest BCUT2D eigenvalue weighted by Crippen LogP contribution is -2.71. The van der Waals surface area contributed by atoms with Crippen LogP contribution in [0.3, 0.4) is 0 Å². The third-order valence-corrected chi connectivity index (χ3v) is 7.10. The van der Waals surface area contributed by atoms with Crippen molar-refractivity contribution in [2.24, 2.45) is 10.8 Å². The summed E-state index contributed by atoms with van der Waals surface area (Å²) in [6.07, 6.45) is -2.04. The maximum Gasteiger partial charge on any atom is 0.303 e. The van der Waals surface area contributed by atoms with Gasteiger partial charge in [-0.05, 0) is 13.3 Å². The van der Waals surface area contributed by atoms with Gasteiger partial charge in [-0.1, -0.05) is 18.6 Å². The van der Waals surface area contributed by atoms with E-state index in [1.165, 1.54) is 13.8 Å². The minimum absolute atomic E-state index is 0.128. The van der Waals surface area contributed by atoms with Gasteiger partial charge in [0, 0.05) is 13.8 Å². The largest absolute Gasteiger partial charge is 0.465 e. The van der Waals surface area contributed by atoms with Crippen LogP contribution in [0.25, 0.3) is 0 Å². The lowest BCUT2D eigenvalue weighted by Gasteiger charge is -2.59. The highest BCUT2D eigenvalue weighted by Gasteiger charge is 2.87. The number of hydrogen-bond acceptors (Lipinski definition) is 8. The second-order valence-corrected chi connectivity index (χ2v) is 8.43. The van der Waals surface area contributed by atoms with Crippen molar-refractivity contribution in [2.75, 3.05) is 13.2 Å². The summed E-state index contributed by atoms with van der Waals surface area (Å²) in [6.45, 7) is 6.49. The van der Waals surface area contributed by atoms with E-state index < -0.39 is 58.9 Å². The Kier molecular flexibility index (Phi) is 4.03. The SMILES string of the molecule is CC(=O)OC[C@@]12C(O)CC(C)=C[C@@H]1O[C@H]1[C@@H](O)[C@@H](OC(C)=O)[C@]2(C)C12CO2. The van der Waals surface area contributed by atoms with E-state index >= 15 is 0 Å². The van der Waals surface area contributed by atoms with Crippen LogP contribution in [0.5, 0.6) is 0 Å². The summed E-state index contributed by atoms with van der Waals surface area (Å²) in [5, 5.41) is 22.2. The van der Waals surface area contributed by atoms with E-state index in [9.17, 15) is 19.8 Å². The quantitative estimate of drug-likeness (QED) is 0.401. The molecule has 0 aromatic carbocycles. The fourth-order valence-corrected chi connectivity index (χ4v) is 5.73. The van der Waals surface area contributed by atoms with Gasteiger partial charge in [-0.15, -0.1) is 0 Å². The molecular weight excluding hydrogens is 356 g/mol. The summed E-state index contributed by atoms with van der Waals surface area (Å²) in [5.41, 5.74) is -2.09. The van der Waals surface area contributed by atoms with E-state index in [0.29, 0.717) is 13.0 Å². The van der Waals surface area contributed by atoms with Gasteiger partial charge >= 0.3 is 11.9 Å². The van der Waals surface area contributed by atoms with Gasteiger partial charge < -0.3 is 29.2 Å². The molecule has 8 atom stereocenters.